The number of ether oxygens (including phenoxy) is 1. The summed E-state index contributed by atoms with van der Waals surface area (Å²) in [4.78, 5) is 0. The molecule has 0 fully saturated rings. The van der Waals surface area contributed by atoms with Crippen LogP contribution in [0.4, 0.5) is 0 Å². The van der Waals surface area contributed by atoms with E-state index in [1.54, 1.807) is 0 Å². The van der Waals surface area contributed by atoms with Gasteiger partial charge in [0.2, 0.25) is 0 Å². The summed E-state index contributed by atoms with van der Waals surface area (Å²) in [7, 11) is 0. The lowest BCUT2D eigenvalue weighted by molar-refractivity contribution is 0.120. The molecule has 0 rings (SSSR count). The van der Waals surface area contributed by atoms with Crippen LogP contribution in [0.2, 0.25) is 0 Å². The van der Waals surface area contributed by atoms with Crippen LogP contribution < -0.4 is 0 Å². The van der Waals surface area contributed by atoms with Gasteiger partial charge < -0.3 is 4.74 Å². The fourth-order valence-corrected chi connectivity index (χ4v) is 4.75. The molecule has 2 atom stereocenters. The van der Waals surface area contributed by atoms with Crippen LogP contribution in [0.25, 0.3) is 0 Å². The van der Waals surface area contributed by atoms with E-state index >= 15 is 0 Å². The normalized spacial score (nSPS) is 14.9. The summed E-state index contributed by atoms with van der Waals surface area (Å²) < 4.78 is 5.95. The average Bonchev–Trinajstić information content (AvgIpc) is 2.75. The lowest BCUT2D eigenvalue weighted by Crippen LogP contribution is -2.19. The van der Waals surface area contributed by atoms with Gasteiger partial charge in [0.25, 0.3) is 0 Å². The van der Waals surface area contributed by atoms with Crippen molar-refractivity contribution in [1.29, 1.82) is 0 Å². The predicted molar refractivity (Wildman–Crippen MR) is 133 cm³/mol. The molecule has 2 unspecified atom stereocenters. The Morgan fingerprint density at radius 2 is 0.897 bits per heavy atom. The maximum atomic E-state index is 5.95. The number of unbranched alkanes of at least 4 members (excludes halogenated alkanes) is 2. The highest BCUT2D eigenvalue weighted by Crippen LogP contribution is 2.37. The Bertz CT molecular complexity index is 319. The van der Waals surface area contributed by atoms with Crippen molar-refractivity contribution < 1.29 is 4.74 Å². The third kappa shape index (κ3) is 13.1. The van der Waals surface area contributed by atoms with Crippen molar-refractivity contribution in [2.75, 3.05) is 13.2 Å². The van der Waals surface area contributed by atoms with Gasteiger partial charge in [-0.3, -0.25) is 0 Å². The first kappa shape index (κ1) is 29.0. The molecule has 0 heterocycles. The minimum absolute atomic E-state index is 0.555. The van der Waals surface area contributed by atoms with Gasteiger partial charge in [0.15, 0.2) is 0 Å². The third-order valence-corrected chi connectivity index (χ3v) is 8.43. The van der Waals surface area contributed by atoms with Crippen LogP contribution in [0, 0.1) is 22.7 Å². The first-order chi connectivity index (χ1) is 13.8. The number of hydrogen-bond acceptors (Lipinski definition) is 1. The summed E-state index contributed by atoms with van der Waals surface area (Å²) in [6, 6.07) is 0. The lowest BCUT2D eigenvalue weighted by Gasteiger charge is -2.31. The Morgan fingerprint density at radius 3 is 1.17 bits per heavy atom. The van der Waals surface area contributed by atoms with Crippen LogP contribution in [-0.2, 0) is 4.74 Å². The van der Waals surface area contributed by atoms with Gasteiger partial charge in [-0.1, -0.05) is 120 Å². The molecule has 0 radical (unpaired) electrons. The van der Waals surface area contributed by atoms with E-state index in [1.165, 1.54) is 89.9 Å². The summed E-state index contributed by atoms with van der Waals surface area (Å²) in [5.74, 6) is 1.81. The van der Waals surface area contributed by atoms with E-state index in [9.17, 15) is 0 Å². The molecule has 0 aliphatic carbocycles. The highest BCUT2D eigenvalue weighted by molar-refractivity contribution is 4.76. The molecule has 0 bridgehead atoms. The van der Waals surface area contributed by atoms with Gasteiger partial charge in [-0.05, 0) is 48.3 Å². The molecule has 1 heteroatoms. The molecule has 0 saturated heterocycles. The molecule has 1 nitrogen and oxygen atoms in total. The smallest absolute Gasteiger partial charge is 0.0466 e. The van der Waals surface area contributed by atoms with Crippen LogP contribution in [0.3, 0.4) is 0 Å². The fourth-order valence-electron chi connectivity index (χ4n) is 4.75. The van der Waals surface area contributed by atoms with Gasteiger partial charge in [0.05, 0.1) is 0 Å². The van der Waals surface area contributed by atoms with Gasteiger partial charge >= 0.3 is 0 Å². The first-order valence-electron chi connectivity index (χ1n) is 13.4. The summed E-state index contributed by atoms with van der Waals surface area (Å²) in [6.07, 6.45) is 18.7. The van der Waals surface area contributed by atoms with Crippen LogP contribution in [0.5, 0.6) is 0 Å². The SMILES string of the molecule is CCC(CCCCOCCCCC(CC)CC(C)(CC)CC)CC(C)(CC)CC. The van der Waals surface area contributed by atoms with E-state index in [-0.39, 0.29) is 0 Å². The molecular formula is C28H58O. The van der Waals surface area contributed by atoms with Crippen molar-refractivity contribution >= 4 is 0 Å². The quantitative estimate of drug-likeness (QED) is 0.181. The minimum atomic E-state index is 0.555. The van der Waals surface area contributed by atoms with Crippen molar-refractivity contribution in [3.05, 3.63) is 0 Å². The molecule has 0 aromatic rings. The van der Waals surface area contributed by atoms with Crippen molar-refractivity contribution in [3.8, 4) is 0 Å². The standard InChI is InChI=1S/C28H58O/c1-9-25(23-27(7,11-3)12-4)19-15-17-21-29-22-18-16-20-26(10-2)24-28(8,13-5)14-6/h25-26H,9-24H2,1-8H3. The highest BCUT2D eigenvalue weighted by Gasteiger charge is 2.24. The van der Waals surface area contributed by atoms with Gasteiger partial charge in [-0.25, -0.2) is 0 Å². The molecule has 0 aliphatic rings. The highest BCUT2D eigenvalue weighted by atomic mass is 16.5. The maximum absolute atomic E-state index is 5.95. The zero-order valence-electron chi connectivity index (χ0n) is 21.9. The molecule has 29 heavy (non-hydrogen) atoms. The summed E-state index contributed by atoms with van der Waals surface area (Å²) in [5.41, 5.74) is 1.11. The summed E-state index contributed by atoms with van der Waals surface area (Å²) in [5, 5.41) is 0. The molecule has 0 N–H and O–H groups in total. The average molecular weight is 411 g/mol. The second kappa shape index (κ2) is 16.6. The zero-order chi connectivity index (χ0) is 22.2. The first-order valence-corrected chi connectivity index (χ1v) is 13.4. The molecule has 0 spiro atoms. The van der Waals surface area contributed by atoms with E-state index in [1.807, 2.05) is 0 Å². The van der Waals surface area contributed by atoms with Crippen molar-refractivity contribution in [3.63, 3.8) is 0 Å². The van der Waals surface area contributed by atoms with E-state index in [0.717, 1.165) is 25.0 Å². The molecule has 0 aliphatic heterocycles. The lowest BCUT2D eigenvalue weighted by atomic mass is 9.75. The molecular weight excluding hydrogens is 352 g/mol. The Labute approximate surface area is 186 Å². The topological polar surface area (TPSA) is 9.23 Å². The maximum Gasteiger partial charge on any atom is 0.0466 e. The second-order valence-electron chi connectivity index (χ2n) is 10.6. The molecule has 0 saturated carbocycles. The fraction of sp³-hybridized carbons (Fsp3) is 1.00. The van der Waals surface area contributed by atoms with Crippen LogP contribution in [-0.4, -0.2) is 13.2 Å². The van der Waals surface area contributed by atoms with Gasteiger partial charge in [0, 0.05) is 13.2 Å². The molecule has 176 valence electrons. The van der Waals surface area contributed by atoms with Gasteiger partial charge in [0.1, 0.15) is 0 Å². The summed E-state index contributed by atoms with van der Waals surface area (Å²) in [6.45, 7) is 21.1. The van der Waals surface area contributed by atoms with Crippen LogP contribution in [0.15, 0.2) is 0 Å². The largest absolute Gasteiger partial charge is 0.381 e. The monoisotopic (exact) mass is 410 g/mol. The zero-order valence-corrected chi connectivity index (χ0v) is 21.9. The summed E-state index contributed by atoms with van der Waals surface area (Å²) >= 11 is 0. The Morgan fingerprint density at radius 1 is 0.552 bits per heavy atom. The molecule has 0 amide bonds. The van der Waals surface area contributed by atoms with Crippen molar-refractivity contribution in [1.82, 2.24) is 0 Å². The molecule has 0 aromatic heterocycles. The van der Waals surface area contributed by atoms with E-state index in [2.05, 4.69) is 55.4 Å². The Kier molecular flexibility index (Phi) is 16.6. The van der Waals surface area contributed by atoms with Crippen LogP contribution in [0.1, 0.15) is 145 Å². The Balaban J connectivity index is 3.81. The number of rotatable bonds is 20. The van der Waals surface area contributed by atoms with Gasteiger partial charge in [-0.2, -0.15) is 0 Å². The molecule has 0 aromatic carbocycles. The van der Waals surface area contributed by atoms with Gasteiger partial charge in [-0.15, -0.1) is 0 Å². The van der Waals surface area contributed by atoms with Crippen LogP contribution >= 0.6 is 0 Å². The minimum Gasteiger partial charge on any atom is -0.381 e. The Hall–Kier alpha value is -0.0400. The predicted octanol–water partition coefficient (Wildman–Crippen LogP) is 9.83. The second-order valence-corrected chi connectivity index (χ2v) is 10.6. The third-order valence-electron chi connectivity index (χ3n) is 8.43. The number of hydrogen-bond donors (Lipinski definition) is 0. The van der Waals surface area contributed by atoms with Crippen molar-refractivity contribution in [2.24, 2.45) is 22.7 Å². The van der Waals surface area contributed by atoms with E-state index in [4.69, 9.17) is 4.74 Å². The van der Waals surface area contributed by atoms with Crippen molar-refractivity contribution in [2.45, 2.75) is 145 Å². The van der Waals surface area contributed by atoms with E-state index < -0.39 is 0 Å². The van der Waals surface area contributed by atoms with E-state index in [0.29, 0.717) is 10.8 Å².